The summed E-state index contributed by atoms with van der Waals surface area (Å²) in [6.45, 7) is 5.57. The number of benzene rings is 2. The van der Waals surface area contributed by atoms with E-state index in [2.05, 4.69) is 42.5 Å². The quantitative estimate of drug-likeness (QED) is 0.469. The van der Waals surface area contributed by atoms with Crippen molar-refractivity contribution in [3.05, 3.63) is 66.4 Å². The Morgan fingerprint density at radius 2 is 1.59 bits per heavy atom. The maximum atomic E-state index is 12.8. The van der Waals surface area contributed by atoms with Crippen molar-refractivity contribution >= 4 is 40.8 Å². The van der Waals surface area contributed by atoms with E-state index in [4.69, 9.17) is 10.5 Å². The highest BCUT2D eigenvalue weighted by atomic mass is 16.5. The van der Waals surface area contributed by atoms with Gasteiger partial charge in [-0.15, -0.1) is 0 Å². The maximum Gasteiger partial charge on any atom is 0.321 e. The van der Waals surface area contributed by atoms with Crippen molar-refractivity contribution in [2.75, 3.05) is 72.9 Å². The molecule has 0 radical (unpaired) electrons. The molecule has 2 aliphatic rings. The molecular weight excluding hydrogens is 472 g/mol. The molecule has 5 rings (SSSR count). The Hall–Kier alpha value is -4.38. The van der Waals surface area contributed by atoms with Gasteiger partial charge in [-0.3, -0.25) is 4.79 Å². The smallest absolute Gasteiger partial charge is 0.321 e. The molecule has 0 spiro atoms. The summed E-state index contributed by atoms with van der Waals surface area (Å²) in [5.41, 5.74) is 8.19. The lowest BCUT2D eigenvalue weighted by molar-refractivity contribution is 0.100. The van der Waals surface area contributed by atoms with Crippen LogP contribution in [0, 0.1) is 0 Å². The molecule has 2 saturated heterocycles. The van der Waals surface area contributed by atoms with Gasteiger partial charge in [0.25, 0.3) is 5.91 Å². The Labute approximate surface area is 215 Å². The molecule has 2 aliphatic heterocycles. The molecule has 0 saturated carbocycles. The number of urea groups is 1. The van der Waals surface area contributed by atoms with Crippen LogP contribution < -0.4 is 26.2 Å². The van der Waals surface area contributed by atoms with Gasteiger partial charge in [0.2, 0.25) is 5.95 Å². The number of nitrogens with zero attached hydrogens (tertiary/aromatic N) is 5. The second kappa shape index (κ2) is 11.1. The summed E-state index contributed by atoms with van der Waals surface area (Å²) in [6.07, 6.45) is 1.73. The van der Waals surface area contributed by atoms with Crippen molar-refractivity contribution in [1.82, 2.24) is 14.9 Å². The number of anilines is 5. The number of hydrogen-bond acceptors (Lipinski definition) is 8. The molecule has 192 valence electrons. The molecule has 11 heteroatoms. The van der Waals surface area contributed by atoms with E-state index in [1.807, 2.05) is 18.2 Å². The fraction of sp³-hybridized carbons (Fsp3) is 0.308. The van der Waals surface area contributed by atoms with Crippen LogP contribution in [0.4, 0.5) is 33.6 Å². The molecule has 1 aromatic heterocycles. The first-order chi connectivity index (χ1) is 18.1. The van der Waals surface area contributed by atoms with Crippen molar-refractivity contribution in [1.29, 1.82) is 0 Å². The summed E-state index contributed by atoms with van der Waals surface area (Å²) in [7, 11) is 0. The zero-order valence-corrected chi connectivity index (χ0v) is 20.5. The molecule has 2 aromatic carbocycles. The van der Waals surface area contributed by atoms with Crippen LogP contribution in [0.25, 0.3) is 0 Å². The average Bonchev–Trinajstić information content (AvgIpc) is 2.94. The molecule has 4 N–H and O–H groups in total. The number of hydrogen-bond donors (Lipinski definition) is 3. The first-order valence-electron chi connectivity index (χ1n) is 12.3. The van der Waals surface area contributed by atoms with Gasteiger partial charge in [0.1, 0.15) is 5.82 Å². The SMILES string of the molecule is NC(=O)c1ccccc1NC(=O)N1CCN(c2ccnc(Nc3ccc(N4CCOCC4)cc3)n2)CC1. The Morgan fingerprint density at radius 3 is 2.32 bits per heavy atom. The summed E-state index contributed by atoms with van der Waals surface area (Å²) in [6, 6.07) is 16.5. The summed E-state index contributed by atoms with van der Waals surface area (Å²) < 4.78 is 5.43. The molecule has 0 aliphatic carbocycles. The summed E-state index contributed by atoms with van der Waals surface area (Å²) in [5.74, 6) is 0.725. The largest absolute Gasteiger partial charge is 0.378 e. The molecule has 37 heavy (non-hydrogen) atoms. The van der Waals surface area contributed by atoms with Crippen molar-refractivity contribution in [3.8, 4) is 0 Å². The lowest BCUT2D eigenvalue weighted by Crippen LogP contribution is -2.50. The van der Waals surface area contributed by atoms with Crippen LogP contribution in [0.2, 0.25) is 0 Å². The first kappa shape index (κ1) is 24.3. The van der Waals surface area contributed by atoms with E-state index < -0.39 is 5.91 Å². The molecule has 3 aromatic rings. The number of amides is 3. The van der Waals surface area contributed by atoms with Gasteiger partial charge in [0, 0.05) is 56.8 Å². The minimum absolute atomic E-state index is 0.265. The fourth-order valence-corrected chi connectivity index (χ4v) is 4.43. The van der Waals surface area contributed by atoms with Crippen molar-refractivity contribution in [2.24, 2.45) is 5.73 Å². The van der Waals surface area contributed by atoms with Crippen LogP contribution in [-0.4, -0.2) is 79.3 Å². The minimum atomic E-state index is -0.582. The van der Waals surface area contributed by atoms with Gasteiger partial charge in [0.15, 0.2) is 0 Å². The van der Waals surface area contributed by atoms with Gasteiger partial charge in [-0.05, 0) is 42.5 Å². The topological polar surface area (TPSA) is 129 Å². The standard InChI is InChI=1S/C26H30N8O3/c27-24(35)21-3-1-2-4-22(21)30-26(36)34-13-11-33(12-14-34)23-9-10-28-25(31-23)29-19-5-7-20(8-6-19)32-15-17-37-18-16-32/h1-10H,11-18H2,(H2,27,35)(H,30,36)(H,28,29,31). The van der Waals surface area contributed by atoms with Crippen LogP contribution in [0.5, 0.6) is 0 Å². The highest BCUT2D eigenvalue weighted by Gasteiger charge is 2.23. The van der Waals surface area contributed by atoms with Gasteiger partial charge in [-0.1, -0.05) is 12.1 Å². The number of piperazine rings is 1. The number of nitrogens with two attached hydrogens (primary N) is 1. The number of ether oxygens (including phenoxy) is 1. The van der Waals surface area contributed by atoms with Crippen molar-refractivity contribution in [3.63, 3.8) is 0 Å². The molecule has 11 nitrogen and oxygen atoms in total. The Kier molecular flexibility index (Phi) is 7.31. The zero-order valence-electron chi connectivity index (χ0n) is 20.5. The molecule has 3 amide bonds. The number of carbonyl (C=O) groups is 2. The van der Waals surface area contributed by atoms with Gasteiger partial charge in [-0.25, -0.2) is 9.78 Å². The number of nitrogens with one attached hydrogen (secondary N) is 2. The monoisotopic (exact) mass is 502 g/mol. The Bertz CT molecular complexity index is 1240. The summed E-state index contributed by atoms with van der Waals surface area (Å²) in [4.78, 5) is 39.6. The Balaban J connectivity index is 1.16. The van der Waals surface area contributed by atoms with Crippen molar-refractivity contribution in [2.45, 2.75) is 0 Å². The van der Waals surface area contributed by atoms with Gasteiger partial charge in [0.05, 0.1) is 24.5 Å². The minimum Gasteiger partial charge on any atom is -0.378 e. The zero-order chi connectivity index (χ0) is 25.6. The number of morpholine rings is 1. The Morgan fingerprint density at radius 1 is 0.865 bits per heavy atom. The van der Waals surface area contributed by atoms with Gasteiger partial charge in [-0.2, -0.15) is 4.98 Å². The number of primary amides is 1. The second-order valence-electron chi connectivity index (χ2n) is 8.82. The third-order valence-electron chi connectivity index (χ3n) is 6.47. The van der Waals surface area contributed by atoms with Crippen molar-refractivity contribution < 1.29 is 14.3 Å². The van der Waals surface area contributed by atoms with E-state index in [0.717, 1.165) is 37.8 Å². The fourth-order valence-electron chi connectivity index (χ4n) is 4.43. The van der Waals surface area contributed by atoms with E-state index in [9.17, 15) is 9.59 Å². The van der Waals surface area contributed by atoms with Gasteiger partial charge < -0.3 is 35.8 Å². The lowest BCUT2D eigenvalue weighted by atomic mass is 10.1. The van der Waals surface area contributed by atoms with Crippen LogP contribution >= 0.6 is 0 Å². The first-order valence-corrected chi connectivity index (χ1v) is 12.3. The van der Waals surface area contributed by atoms with Crippen LogP contribution in [-0.2, 0) is 4.74 Å². The van der Waals surface area contributed by atoms with E-state index in [1.165, 1.54) is 5.69 Å². The third kappa shape index (κ3) is 5.89. The number of para-hydroxylation sites is 1. The van der Waals surface area contributed by atoms with Crippen LogP contribution in [0.15, 0.2) is 60.8 Å². The molecule has 3 heterocycles. The van der Waals surface area contributed by atoms with Gasteiger partial charge >= 0.3 is 6.03 Å². The van der Waals surface area contributed by atoms with Crippen LogP contribution in [0.1, 0.15) is 10.4 Å². The second-order valence-corrected chi connectivity index (χ2v) is 8.82. The average molecular weight is 503 g/mol. The lowest BCUT2D eigenvalue weighted by Gasteiger charge is -2.35. The normalized spacial score (nSPS) is 15.8. The molecule has 2 fully saturated rings. The van der Waals surface area contributed by atoms with E-state index in [1.54, 1.807) is 35.4 Å². The van der Waals surface area contributed by atoms with Crippen LogP contribution in [0.3, 0.4) is 0 Å². The number of rotatable bonds is 6. The highest BCUT2D eigenvalue weighted by molar-refractivity contribution is 6.02. The molecular formula is C26H30N8O3. The summed E-state index contributed by atoms with van der Waals surface area (Å²) >= 11 is 0. The number of carbonyl (C=O) groups excluding carboxylic acids is 2. The van der Waals surface area contributed by atoms with E-state index in [-0.39, 0.29) is 11.6 Å². The summed E-state index contributed by atoms with van der Waals surface area (Å²) in [5, 5.41) is 6.08. The highest BCUT2D eigenvalue weighted by Crippen LogP contribution is 2.22. The van der Waals surface area contributed by atoms with E-state index in [0.29, 0.717) is 37.8 Å². The van der Waals surface area contributed by atoms with E-state index >= 15 is 0 Å². The molecule has 0 unspecified atom stereocenters. The molecule has 0 bridgehead atoms. The molecule has 0 atom stereocenters. The maximum absolute atomic E-state index is 12.8. The number of aromatic nitrogens is 2. The predicted octanol–water partition coefficient (Wildman–Crippen LogP) is 2.51. The third-order valence-corrected chi connectivity index (χ3v) is 6.47. The predicted molar refractivity (Wildman–Crippen MR) is 143 cm³/mol.